The lowest BCUT2D eigenvalue weighted by atomic mass is 9.99. The maximum atomic E-state index is 11.4. The molecule has 19 heavy (non-hydrogen) atoms. The minimum Gasteiger partial charge on any atom is -0.466 e. The molecule has 0 heterocycles. The molecule has 0 saturated carbocycles. The number of ether oxygens (including phenoxy) is 1. The molecule has 110 valence electrons. The van der Waals surface area contributed by atoms with Crippen LogP contribution in [0.3, 0.4) is 0 Å². The van der Waals surface area contributed by atoms with Crippen LogP contribution in [-0.4, -0.2) is 20.4 Å². The van der Waals surface area contributed by atoms with Gasteiger partial charge in [0.2, 0.25) is 0 Å². The van der Waals surface area contributed by atoms with Crippen LogP contribution in [0.5, 0.6) is 0 Å². The van der Waals surface area contributed by atoms with Gasteiger partial charge in [-0.15, -0.1) is 0 Å². The summed E-state index contributed by atoms with van der Waals surface area (Å²) >= 11 is 0. The van der Waals surface area contributed by atoms with Gasteiger partial charge in [-0.25, -0.2) is 0 Å². The summed E-state index contributed by atoms with van der Waals surface area (Å²) in [7, 11) is 5.39. The molecule has 0 atom stereocenters. The van der Waals surface area contributed by atoms with Crippen LogP contribution in [0.25, 0.3) is 0 Å². The van der Waals surface area contributed by atoms with E-state index in [0.717, 1.165) is 25.7 Å². The van der Waals surface area contributed by atoms with Crippen molar-refractivity contribution in [2.24, 2.45) is 0 Å². The van der Waals surface area contributed by atoms with E-state index in [1.807, 2.05) is 0 Å². The Balaban J connectivity index is 3.10. The topological polar surface area (TPSA) is 26.3 Å². The van der Waals surface area contributed by atoms with E-state index >= 15 is 0 Å². The first-order valence-electron chi connectivity index (χ1n) is 8.17. The summed E-state index contributed by atoms with van der Waals surface area (Å²) < 4.78 is 5.20. The molecule has 0 aromatic heterocycles. The number of hydrogen-bond acceptors (Lipinski definition) is 2. The molecule has 0 rings (SSSR count). The Morgan fingerprint density at radius 2 is 1.42 bits per heavy atom. The predicted octanol–water partition coefficient (Wildman–Crippen LogP) is 4.82. The fourth-order valence-corrected chi connectivity index (χ4v) is 2.08. The molecular weight excluding hydrogens is 235 g/mol. The van der Waals surface area contributed by atoms with Crippen molar-refractivity contribution in [1.82, 2.24) is 0 Å². The van der Waals surface area contributed by atoms with Crippen molar-refractivity contribution in [2.75, 3.05) is 6.61 Å². The Kier molecular flexibility index (Phi) is 15.2. The zero-order valence-electron chi connectivity index (χ0n) is 12.8. The Labute approximate surface area is 121 Å². The minimum atomic E-state index is -0.0417. The van der Waals surface area contributed by atoms with Gasteiger partial charge in [-0.05, 0) is 12.8 Å². The zero-order chi connectivity index (χ0) is 14.2. The maximum Gasteiger partial charge on any atom is 0.305 e. The quantitative estimate of drug-likeness (QED) is 0.256. The smallest absolute Gasteiger partial charge is 0.305 e. The Morgan fingerprint density at radius 1 is 0.842 bits per heavy atom. The Bertz CT molecular complexity index is 195. The molecule has 0 N–H and O–H groups in total. The van der Waals surface area contributed by atoms with E-state index in [2.05, 4.69) is 6.92 Å². The van der Waals surface area contributed by atoms with E-state index in [1.54, 1.807) is 0 Å². The third-order valence-electron chi connectivity index (χ3n) is 3.35. The van der Waals surface area contributed by atoms with Crippen LogP contribution < -0.4 is 0 Å². The first-order chi connectivity index (χ1) is 9.31. The van der Waals surface area contributed by atoms with Crippen molar-refractivity contribution in [1.29, 1.82) is 0 Å². The molecule has 0 aliphatic heterocycles. The van der Waals surface area contributed by atoms with Gasteiger partial charge in [0.05, 0.1) is 14.5 Å². The lowest BCUT2D eigenvalue weighted by Gasteiger charge is -2.05. The number of rotatable bonds is 14. The molecule has 0 bridgehead atoms. The van der Waals surface area contributed by atoms with E-state index in [9.17, 15) is 4.79 Å². The van der Waals surface area contributed by atoms with Crippen LogP contribution in [-0.2, 0) is 9.53 Å². The summed E-state index contributed by atoms with van der Waals surface area (Å²) in [6.07, 6.45) is 14.4. The summed E-state index contributed by atoms with van der Waals surface area (Å²) in [5.74, 6) is -0.0417. The first-order valence-corrected chi connectivity index (χ1v) is 8.17. The van der Waals surface area contributed by atoms with E-state index in [-0.39, 0.29) is 5.97 Å². The van der Waals surface area contributed by atoms with Gasteiger partial charge in [0.1, 0.15) is 0 Å². The second-order valence-electron chi connectivity index (χ2n) is 5.29. The third-order valence-corrected chi connectivity index (χ3v) is 3.35. The maximum absolute atomic E-state index is 11.4. The molecule has 0 aromatic rings. The highest BCUT2D eigenvalue weighted by Crippen LogP contribution is 2.09. The van der Waals surface area contributed by atoms with Gasteiger partial charge in [0.25, 0.3) is 0 Å². The average molecular weight is 266 g/mol. The third kappa shape index (κ3) is 15.5. The Morgan fingerprint density at radius 3 is 2.05 bits per heavy atom. The summed E-state index contributed by atoms with van der Waals surface area (Å²) in [4.78, 5) is 11.4. The predicted molar refractivity (Wildman–Crippen MR) is 82.6 cm³/mol. The molecule has 2 radical (unpaired) electrons. The number of carbonyl (C=O) groups is 1. The number of carbonyl (C=O) groups excluding carboxylic acids is 1. The SMILES string of the molecule is [B]CCCCCC(=O)OCCCCCCCCCC. The van der Waals surface area contributed by atoms with Gasteiger partial charge in [-0.2, -0.15) is 0 Å². The van der Waals surface area contributed by atoms with Crippen LogP contribution >= 0.6 is 0 Å². The fourth-order valence-electron chi connectivity index (χ4n) is 2.08. The van der Waals surface area contributed by atoms with Crippen molar-refractivity contribution in [3.8, 4) is 0 Å². The van der Waals surface area contributed by atoms with Gasteiger partial charge in [0.15, 0.2) is 0 Å². The van der Waals surface area contributed by atoms with Gasteiger partial charge in [-0.1, -0.05) is 71.0 Å². The van der Waals surface area contributed by atoms with Crippen molar-refractivity contribution < 1.29 is 9.53 Å². The molecule has 0 spiro atoms. The summed E-state index contributed by atoms with van der Waals surface area (Å²) in [6.45, 7) is 2.84. The molecule has 0 amide bonds. The highest BCUT2D eigenvalue weighted by molar-refractivity contribution is 6.08. The Hall–Kier alpha value is -0.465. The summed E-state index contributed by atoms with van der Waals surface area (Å²) in [5, 5.41) is 0. The molecule has 2 nitrogen and oxygen atoms in total. The van der Waals surface area contributed by atoms with Crippen molar-refractivity contribution in [3.05, 3.63) is 0 Å². The summed E-state index contributed by atoms with van der Waals surface area (Å²) in [6, 6.07) is 0. The number of unbranched alkanes of at least 4 members (excludes halogenated alkanes) is 9. The van der Waals surface area contributed by atoms with Crippen LogP contribution in [0.2, 0.25) is 6.32 Å². The molecule has 0 aromatic carbocycles. The zero-order valence-corrected chi connectivity index (χ0v) is 12.8. The highest BCUT2D eigenvalue weighted by Gasteiger charge is 2.01. The van der Waals surface area contributed by atoms with E-state index < -0.39 is 0 Å². The molecule has 0 aliphatic rings. The van der Waals surface area contributed by atoms with Crippen LogP contribution in [0.4, 0.5) is 0 Å². The minimum absolute atomic E-state index is 0.0417. The van der Waals surface area contributed by atoms with Gasteiger partial charge < -0.3 is 4.74 Å². The lowest BCUT2D eigenvalue weighted by molar-refractivity contribution is -0.143. The molecular formula is C16H31BO2. The molecule has 0 saturated heterocycles. The van der Waals surface area contributed by atoms with Crippen molar-refractivity contribution in [2.45, 2.75) is 90.3 Å². The van der Waals surface area contributed by atoms with Crippen molar-refractivity contribution >= 4 is 13.8 Å². The first kappa shape index (κ1) is 18.5. The van der Waals surface area contributed by atoms with E-state index in [1.165, 1.54) is 44.9 Å². The number of hydrogen-bond donors (Lipinski definition) is 0. The number of esters is 1. The average Bonchev–Trinajstić information content (AvgIpc) is 2.42. The fraction of sp³-hybridized carbons (Fsp3) is 0.938. The van der Waals surface area contributed by atoms with Crippen molar-refractivity contribution in [3.63, 3.8) is 0 Å². The second kappa shape index (κ2) is 15.6. The lowest BCUT2D eigenvalue weighted by Crippen LogP contribution is -2.05. The van der Waals surface area contributed by atoms with Gasteiger partial charge in [-0.3, -0.25) is 4.79 Å². The van der Waals surface area contributed by atoms with Crippen LogP contribution in [0.1, 0.15) is 84.0 Å². The molecule has 0 aliphatic carbocycles. The standard InChI is InChI=1S/C16H31BO2/c1-2-3-4-5-6-7-8-12-15-19-16(18)13-10-9-11-14-17/h2-15H2,1H3. The normalized spacial score (nSPS) is 10.6. The van der Waals surface area contributed by atoms with E-state index in [4.69, 9.17) is 12.6 Å². The molecule has 3 heteroatoms. The largest absolute Gasteiger partial charge is 0.466 e. The molecule has 0 unspecified atom stereocenters. The molecule has 0 fully saturated rings. The van der Waals surface area contributed by atoms with E-state index in [0.29, 0.717) is 19.3 Å². The highest BCUT2D eigenvalue weighted by atomic mass is 16.5. The van der Waals surface area contributed by atoms with Gasteiger partial charge in [0, 0.05) is 6.42 Å². The van der Waals surface area contributed by atoms with Crippen LogP contribution in [0, 0.1) is 0 Å². The monoisotopic (exact) mass is 266 g/mol. The second-order valence-corrected chi connectivity index (χ2v) is 5.29. The summed E-state index contributed by atoms with van der Waals surface area (Å²) in [5.41, 5.74) is 0. The van der Waals surface area contributed by atoms with Gasteiger partial charge >= 0.3 is 5.97 Å². The van der Waals surface area contributed by atoms with Crippen LogP contribution in [0.15, 0.2) is 0 Å².